The molecule has 0 radical (unpaired) electrons. The van der Waals surface area contributed by atoms with Crippen LogP contribution in [0.2, 0.25) is 0 Å². The number of nitrogens with one attached hydrogen (secondary N) is 1. The third-order valence-corrected chi connectivity index (χ3v) is 4.01. The van der Waals surface area contributed by atoms with Crippen molar-refractivity contribution in [3.8, 4) is 17.2 Å². The first kappa shape index (κ1) is 14.7. The second-order valence-electron chi connectivity index (χ2n) is 5.43. The summed E-state index contributed by atoms with van der Waals surface area (Å²) in [5.41, 5.74) is 1.10. The van der Waals surface area contributed by atoms with Crippen molar-refractivity contribution in [3.63, 3.8) is 0 Å². The number of ether oxygens (including phenoxy) is 3. The fourth-order valence-corrected chi connectivity index (χ4v) is 2.49. The largest absolute Gasteiger partial charge is 0.493 e. The Bertz CT molecular complexity index is 628. The van der Waals surface area contributed by atoms with Crippen molar-refractivity contribution in [1.82, 2.24) is 15.1 Å². The van der Waals surface area contributed by atoms with Crippen LogP contribution in [0.3, 0.4) is 0 Å². The van der Waals surface area contributed by atoms with Crippen LogP contribution in [0, 0.1) is 0 Å². The van der Waals surface area contributed by atoms with Gasteiger partial charge >= 0.3 is 0 Å². The second kappa shape index (κ2) is 6.27. The summed E-state index contributed by atoms with van der Waals surface area (Å²) in [6.45, 7) is 5.26. The molecule has 0 unspecified atom stereocenters. The van der Waals surface area contributed by atoms with E-state index >= 15 is 0 Å². The smallest absolute Gasteiger partial charge is 0.231 e. The lowest BCUT2D eigenvalue weighted by molar-refractivity contribution is 0.171. The van der Waals surface area contributed by atoms with Gasteiger partial charge in [0.05, 0.1) is 13.2 Å². The Hall–Kier alpha value is -2.21. The van der Waals surface area contributed by atoms with Crippen molar-refractivity contribution < 1.29 is 14.2 Å². The van der Waals surface area contributed by atoms with Gasteiger partial charge in [-0.2, -0.15) is 5.10 Å². The highest BCUT2D eigenvalue weighted by Gasteiger charge is 2.20. The average Bonchev–Trinajstić information content (AvgIpc) is 3.21. The van der Waals surface area contributed by atoms with E-state index in [1.54, 1.807) is 13.3 Å². The minimum absolute atomic E-state index is 0.245. The molecule has 1 aromatic carbocycles. The van der Waals surface area contributed by atoms with Gasteiger partial charge in [0, 0.05) is 25.0 Å². The SMILES string of the molecule is COc1cc(CN[C@H](C)[C@H](C)n2cccn2)cc2c1OCO2. The van der Waals surface area contributed by atoms with Gasteiger partial charge in [-0.25, -0.2) is 0 Å². The lowest BCUT2D eigenvalue weighted by Crippen LogP contribution is -2.33. The summed E-state index contributed by atoms with van der Waals surface area (Å²) in [5, 5.41) is 7.80. The van der Waals surface area contributed by atoms with Gasteiger partial charge in [-0.3, -0.25) is 4.68 Å². The summed E-state index contributed by atoms with van der Waals surface area (Å²) < 4.78 is 18.2. The summed E-state index contributed by atoms with van der Waals surface area (Å²) in [6.07, 6.45) is 3.78. The van der Waals surface area contributed by atoms with Crippen LogP contribution in [0.25, 0.3) is 0 Å². The van der Waals surface area contributed by atoms with Crippen molar-refractivity contribution in [2.24, 2.45) is 0 Å². The highest BCUT2D eigenvalue weighted by molar-refractivity contribution is 5.55. The van der Waals surface area contributed by atoms with Gasteiger partial charge in [0.2, 0.25) is 12.5 Å². The molecule has 1 aliphatic heterocycles. The maximum atomic E-state index is 5.45. The molecule has 22 heavy (non-hydrogen) atoms. The van der Waals surface area contributed by atoms with Crippen molar-refractivity contribution in [2.45, 2.75) is 32.5 Å². The Balaban J connectivity index is 1.66. The van der Waals surface area contributed by atoms with Gasteiger partial charge in [0.25, 0.3) is 0 Å². The zero-order valence-electron chi connectivity index (χ0n) is 13.1. The quantitative estimate of drug-likeness (QED) is 0.888. The molecule has 6 nitrogen and oxygen atoms in total. The zero-order chi connectivity index (χ0) is 15.5. The Labute approximate surface area is 130 Å². The lowest BCUT2D eigenvalue weighted by Gasteiger charge is -2.22. The van der Waals surface area contributed by atoms with Crippen molar-refractivity contribution in [2.75, 3.05) is 13.9 Å². The first-order valence-electron chi connectivity index (χ1n) is 7.38. The van der Waals surface area contributed by atoms with E-state index in [1.165, 1.54) is 0 Å². The topological polar surface area (TPSA) is 57.5 Å². The van der Waals surface area contributed by atoms with Gasteiger partial charge in [-0.05, 0) is 37.6 Å². The predicted molar refractivity (Wildman–Crippen MR) is 82.4 cm³/mol. The molecule has 3 rings (SSSR count). The zero-order valence-corrected chi connectivity index (χ0v) is 13.1. The molecule has 2 atom stereocenters. The van der Waals surface area contributed by atoms with E-state index in [1.807, 2.05) is 29.1 Å². The van der Waals surface area contributed by atoms with E-state index < -0.39 is 0 Å². The maximum absolute atomic E-state index is 5.45. The van der Waals surface area contributed by atoms with Crippen molar-refractivity contribution in [3.05, 3.63) is 36.2 Å². The standard InChI is InChI=1S/C16H21N3O3/c1-11(12(2)19-6-4-5-18-19)17-9-13-7-14(20-3)16-15(8-13)21-10-22-16/h4-8,11-12,17H,9-10H2,1-3H3/t11-,12+/m1/s1. The highest BCUT2D eigenvalue weighted by Crippen LogP contribution is 2.41. The van der Waals surface area contributed by atoms with E-state index in [0.717, 1.165) is 17.9 Å². The molecule has 0 spiro atoms. The number of rotatable bonds is 6. The summed E-state index contributed by atoms with van der Waals surface area (Å²) in [4.78, 5) is 0. The highest BCUT2D eigenvalue weighted by atomic mass is 16.7. The maximum Gasteiger partial charge on any atom is 0.231 e. The van der Waals surface area contributed by atoms with Crippen LogP contribution >= 0.6 is 0 Å². The molecule has 118 valence electrons. The first-order chi connectivity index (χ1) is 10.7. The summed E-state index contributed by atoms with van der Waals surface area (Å²) in [6, 6.07) is 6.45. The van der Waals surface area contributed by atoms with Gasteiger partial charge in [0.1, 0.15) is 0 Å². The molecule has 0 bridgehead atoms. The van der Waals surface area contributed by atoms with E-state index in [0.29, 0.717) is 11.5 Å². The van der Waals surface area contributed by atoms with Crippen LogP contribution in [0.15, 0.2) is 30.6 Å². The molecule has 1 aliphatic rings. The van der Waals surface area contributed by atoms with Gasteiger partial charge in [-0.1, -0.05) is 0 Å². The summed E-state index contributed by atoms with van der Waals surface area (Å²) >= 11 is 0. The Morgan fingerprint density at radius 3 is 2.95 bits per heavy atom. The fourth-order valence-electron chi connectivity index (χ4n) is 2.49. The predicted octanol–water partition coefficient (Wildman–Crippen LogP) is 2.36. The number of methoxy groups -OCH3 is 1. The van der Waals surface area contributed by atoms with E-state index in [9.17, 15) is 0 Å². The Morgan fingerprint density at radius 1 is 1.36 bits per heavy atom. The van der Waals surface area contributed by atoms with Crippen LogP contribution in [-0.2, 0) is 6.54 Å². The number of nitrogens with zero attached hydrogens (tertiary/aromatic N) is 2. The lowest BCUT2D eigenvalue weighted by atomic mass is 10.1. The summed E-state index contributed by atoms with van der Waals surface area (Å²) in [5.74, 6) is 2.13. The molecular weight excluding hydrogens is 282 g/mol. The van der Waals surface area contributed by atoms with Crippen LogP contribution in [-0.4, -0.2) is 29.7 Å². The van der Waals surface area contributed by atoms with E-state index in [-0.39, 0.29) is 18.9 Å². The Morgan fingerprint density at radius 2 is 2.23 bits per heavy atom. The van der Waals surface area contributed by atoms with Gasteiger partial charge < -0.3 is 19.5 Å². The molecule has 2 aromatic rings. The number of aromatic nitrogens is 2. The molecule has 0 amide bonds. The number of benzene rings is 1. The molecular formula is C16H21N3O3. The van der Waals surface area contributed by atoms with Crippen molar-refractivity contribution in [1.29, 1.82) is 0 Å². The van der Waals surface area contributed by atoms with Crippen LogP contribution in [0.1, 0.15) is 25.5 Å². The number of hydrogen-bond acceptors (Lipinski definition) is 5. The third kappa shape index (κ3) is 2.87. The minimum atomic E-state index is 0.245. The molecule has 6 heteroatoms. The molecule has 1 N–H and O–H groups in total. The van der Waals surface area contributed by atoms with Gasteiger partial charge in [-0.15, -0.1) is 0 Å². The van der Waals surface area contributed by atoms with Crippen molar-refractivity contribution >= 4 is 0 Å². The molecule has 1 aromatic heterocycles. The molecule has 0 saturated carbocycles. The van der Waals surface area contributed by atoms with Crippen LogP contribution in [0.4, 0.5) is 0 Å². The molecule has 0 aliphatic carbocycles. The van der Waals surface area contributed by atoms with Crippen LogP contribution < -0.4 is 19.5 Å². The second-order valence-corrected chi connectivity index (χ2v) is 5.43. The molecule has 0 saturated heterocycles. The van der Waals surface area contributed by atoms with Crippen LogP contribution in [0.5, 0.6) is 17.2 Å². The fraction of sp³-hybridized carbons (Fsp3) is 0.438. The average molecular weight is 303 g/mol. The van der Waals surface area contributed by atoms with E-state index in [2.05, 4.69) is 24.3 Å². The number of hydrogen-bond donors (Lipinski definition) is 1. The normalized spacial score (nSPS) is 15.6. The van der Waals surface area contributed by atoms with E-state index in [4.69, 9.17) is 14.2 Å². The van der Waals surface area contributed by atoms with Gasteiger partial charge in [0.15, 0.2) is 11.5 Å². The Kier molecular flexibility index (Phi) is 4.20. The monoisotopic (exact) mass is 303 g/mol. The first-order valence-corrected chi connectivity index (χ1v) is 7.38. The minimum Gasteiger partial charge on any atom is -0.493 e. The molecule has 2 heterocycles. The molecule has 0 fully saturated rings. The third-order valence-electron chi connectivity index (χ3n) is 4.01. The number of fused-ring (bicyclic) bond motifs is 1. The summed E-state index contributed by atoms with van der Waals surface area (Å²) in [7, 11) is 1.64.